The van der Waals surface area contributed by atoms with E-state index in [1.807, 2.05) is 12.3 Å². The Hall–Kier alpha value is -0.900. The number of amides is 1. The van der Waals surface area contributed by atoms with Crippen molar-refractivity contribution in [3.8, 4) is 0 Å². The second-order valence-corrected chi connectivity index (χ2v) is 7.60. The molecule has 1 N–H and O–H groups in total. The van der Waals surface area contributed by atoms with Crippen molar-refractivity contribution in [2.45, 2.75) is 39.0 Å². The fourth-order valence-electron chi connectivity index (χ4n) is 4.95. The fraction of sp³-hybridized carbons (Fsp3) is 0.733. The smallest absolute Gasteiger partial charge is 0.229 e. The molecule has 1 aromatic rings. The van der Waals surface area contributed by atoms with E-state index in [2.05, 4.69) is 10.3 Å². The summed E-state index contributed by atoms with van der Waals surface area (Å²) in [6.45, 7) is 1.97. The standard InChI is InChI=1S/C15H20N2OS/c1-8-7-19-15(16-8)17-14(18)13-11-3-9-2-10(5-11)6-12(13)4-9/h7,9-13H,2-6H2,1H3,(H,16,17,18). The second-order valence-electron chi connectivity index (χ2n) is 6.74. The van der Waals surface area contributed by atoms with E-state index in [9.17, 15) is 4.79 Å². The summed E-state index contributed by atoms with van der Waals surface area (Å²) < 4.78 is 0. The summed E-state index contributed by atoms with van der Waals surface area (Å²) in [6, 6.07) is 0. The molecule has 3 nitrogen and oxygen atoms in total. The monoisotopic (exact) mass is 276 g/mol. The molecule has 4 saturated carbocycles. The Morgan fingerprint density at radius 1 is 1.21 bits per heavy atom. The third-order valence-corrected chi connectivity index (χ3v) is 6.25. The number of nitrogens with one attached hydrogen (secondary N) is 1. The molecule has 4 fully saturated rings. The van der Waals surface area contributed by atoms with Crippen LogP contribution in [0.5, 0.6) is 0 Å². The van der Waals surface area contributed by atoms with Crippen LogP contribution in [-0.4, -0.2) is 10.9 Å². The van der Waals surface area contributed by atoms with Crippen molar-refractivity contribution in [3.63, 3.8) is 0 Å². The Balaban J connectivity index is 1.51. The van der Waals surface area contributed by atoms with Gasteiger partial charge in [0.1, 0.15) is 0 Å². The van der Waals surface area contributed by atoms with Crippen LogP contribution in [0.15, 0.2) is 5.38 Å². The highest BCUT2D eigenvalue weighted by Gasteiger charge is 2.50. The molecule has 19 heavy (non-hydrogen) atoms. The van der Waals surface area contributed by atoms with Gasteiger partial charge in [-0.2, -0.15) is 0 Å². The zero-order chi connectivity index (χ0) is 13.0. The lowest BCUT2D eigenvalue weighted by Crippen LogP contribution is -2.49. The molecule has 4 heteroatoms. The highest BCUT2D eigenvalue weighted by molar-refractivity contribution is 7.13. The SMILES string of the molecule is Cc1csc(NC(=O)C2C3CC4CC(C3)CC2C4)n1. The molecule has 0 atom stereocenters. The van der Waals surface area contributed by atoms with Crippen LogP contribution in [0, 0.1) is 36.5 Å². The molecule has 4 bridgehead atoms. The van der Waals surface area contributed by atoms with Crippen LogP contribution in [0.1, 0.15) is 37.8 Å². The minimum Gasteiger partial charge on any atom is -0.302 e. The fourth-order valence-corrected chi connectivity index (χ4v) is 5.64. The molecule has 0 aromatic carbocycles. The van der Waals surface area contributed by atoms with Gasteiger partial charge in [-0.1, -0.05) is 0 Å². The lowest BCUT2D eigenvalue weighted by atomic mass is 9.51. The Labute approximate surface area is 117 Å². The third kappa shape index (κ3) is 2.00. The zero-order valence-electron chi connectivity index (χ0n) is 11.3. The molecule has 1 amide bonds. The molecule has 0 spiro atoms. The predicted molar refractivity (Wildman–Crippen MR) is 76.0 cm³/mol. The third-order valence-electron chi connectivity index (χ3n) is 5.38. The molecule has 0 unspecified atom stereocenters. The lowest BCUT2D eigenvalue weighted by Gasteiger charge is -2.53. The maximum absolute atomic E-state index is 12.6. The number of carbonyl (C=O) groups excluding carboxylic acids is 1. The van der Waals surface area contributed by atoms with Crippen molar-refractivity contribution in [1.29, 1.82) is 0 Å². The molecule has 4 aliphatic carbocycles. The Bertz CT molecular complexity index is 482. The number of aromatic nitrogens is 1. The van der Waals surface area contributed by atoms with Gasteiger partial charge in [-0.05, 0) is 62.7 Å². The molecular formula is C15H20N2OS. The van der Waals surface area contributed by atoms with Crippen LogP contribution in [0.3, 0.4) is 0 Å². The van der Waals surface area contributed by atoms with Gasteiger partial charge in [0.2, 0.25) is 5.91 Å². The maximum atomic E-state index is 12.6. The number of anilines is 1. The van der Waals surface area contributed by atoms with E-state index in [0.29, 0.717) is 11.8 Å². The first kappa shape index (κ1) is 11.9. The molecule has 0 radical (unpaired) electrons. The van der Waals surface area contributed by atoms with Crippen molar-refractivity contribution in [3.05, 3.63) is 11.1 Å². The molecule has 0 saturated heterocycles. The summed E-state index contributed by atoms with van der Waals surface area (Å²) in [5.41, 5.74) is 0.991. The average molecular weight is 276 g/mol. The van der Waals surface area contributed by atoms with Gasteiger partial charge in [0, 0.05) is 11.3 Å². The first-order valence-electron chi connectivity index (χ1n) is 7.42. The molecule has 5 rings (SSSR count). The largest absolute Gasteiger partial charge is 0.302 e. The van der Waals surface area contributed by atoms with Gasteiger partial charge in [-0.3, -0.25) is 4.79 Å². The normalized spacial score (nSPS) is 39.5. The van der Waals surface area contributed by atoms with Gasteiger partial charge < -0.3 is 5.32 Å². The van der Waals surface area contributed by atoms with Gasteiger partial charge in [-0.15, -0.1) is 11.3 Å². The number of rotatable bonds is 2. The number of carbonyl (C=O) groups is 1. The van der Waals surface area contributed by atoms with Crippen LogP contribution in [0.4, 0.5) is 5.13 Å². The number of nitrogens with zero attached hydrogens (tertiary/aromatic N) is 1. The van der Waals surface area contributed by atoms with Crippen molar-refractivity contribution < 1.29 is 4.79 Å². The Morgan fingerprint density at radius 3 is 2.37 bits per heavy atom. The van der Waals surface area contributed by atoms with E-state index in [1.165, 1.54) is 43.4 Å². The Kier molecular flexibility index (Phi) is 2.69. The zero-order valence-corrected chi connectivity index (χ0v) is 12.1. The number of thiazole rings is 1. The number of aryl methyl sites for hydroxylation is 1. The first-order valence-corrected chi connectivity index (χ1v) is 8.30. The summed E-state index contributed by atoms with van der Waals surface area (Å²) in [7, 11) is 0. The summed E-state index contributed by atoms with van der Waals surface area (Å²) in [5, 5.41) is 5.83. The van der Waals surface area contributed by atoms with Crippen LogP contribution >= 0.6 is 11.3 Å². The highest BCUT2D eigenvalue weighted by Crippen LogP contribution is 2.56. The first-order chi connectivity index (χ1) is 9.19. The number of hydrogen-bond donors (Lipinski definition) is 1. The Morgan fingerprint density at radius 2 is 1.84 bits per heavy atom. The van der Waals surface area contributed by atoms with E-state index in [0.717, 1.165) is 22.7 Å². The van der Waals surface area contributed by atoms with Crippen LogP contribution in [0.25, 0.3) is 0 Å². The van der Waals surface area contributed by atoms with E-state index in [4.69, 9.17) is 0 Å². The minimum atomic E-state index is 0.239. The molecular weight excluding hydrogens is 256 g/mol. The van der Waals surface area contributed by atoms with Gasteiger partial charge in [-0.25, -0.2) is 4.98 Å². The van der Waals surface area contributed by atoms with Crippen molar-refractivity contribution >= 4 is 22.4 Å². The van der Waals surface area contributed by atoms with Crippen molar-refractivity contribution in [2.75, 3.05) is 5.32 Å². The summed E-state index contributed by atoms with van der Waals surface area (Å²) >= 11 is 1.54. The van der Waals surface area contributed by atoms with Crippen LogP contribution < -0.4 is 5.32 Å². The van der Waals surface area contributed by atoms with Gasteiger partial charge in [0.05, 0.1) is 5.69 Å². The van der Waals surface area contributed by atoms with E-state index in [-0.39, 0.29) is 11.8 Å². The summed E-state index contributed by atoms with van der Waals surface area (Å²) in [5.74, 6) is 3.65. The lowest BCUT2D eigenvalue weighted by molar-refractivity contribution is -0.132. The number of hydrogen-bond acceptors (Lipinski definition) is 3. The minimum absolute atomic E-state index is 0.239. The average Bonchev–Trinajstić information content (AvgIpc) is 2.73. The molecule has 1 heterocycles. The maximum Gasteiger partial charge on any atom is 0.229 e. The molecule has 1 aromatic heterocycles. The van der Waals surface area contributed by atoms with Crippen LogP contribution in [0.2, 0.25) is 0 Å². The topological polar surface area (TPSA) is 42.0 Å². The summed E-state index contributed by atoms with van der Waals surface area (Å²) in [4.78, 5) is 16.9. The molecule has 0 aliphatic heterocycles. The van der Waals surface area contributed by atoms with Crippen molar-refractivity contribution in [1.82, 2.24) is 4.98 Å². The molecule has 102 valence electrons. The summed E-state index contributed by atoms with van der Waals surface area (Å²) in [6.07, 6.45) is 6.61. The van der Waals surface area contributed by atoms with E-state index < -0.39 is 0 Å². The van der Waals surface area contributed by atoms with Gasteiger partial charge in [0.25, 0.3) is 0 Å². The quantitative estimate of drug-likeness (QED) is 0.898. The molecule has 4 aliphatic rings. The van der Waals surface area contributed by atoms with Crippen LogP contribution in [-0.2, 0) is 4.79 Å². The highest BCUT2D eigenvalue weighted by atomic mass is 32.1. The van der Waals surface area contributed by atoms with Gasteiger partial charge in [0.15, 0.2) is 5.13 Å². The van der Waals surface area contributed by atoms with E-state index >= 15 is 0 Å². The van der Waals surface area contributed by atoms with Crippen molar-refractivity contribution in [2.24, 2.45) is 29.6 Å². The predicted octanol–water partition coefficient (Wildman–Crippen LogP) is 3.46. The second kappa shape index (κ2) is 4.30. The van der Waals surface area contributed by atoms with E-state index in [1.54, 1.807) is 0 Å². The van der Waals surface area contributed by atoms with Gasteiger partial charge >= 0.3 is 0 Å².